The van der Waals surface area contributed by atoms with Gasteiger partial charge in [-0.15, -0.1) is 0 Å². The molecule has 0 unspecified atom stereocenters. The van der Waals surface area contributed by atoms with Gasteiger partial charge in [-0.1, -0.05) is 18.2 Å². The summed E-state index contributed by atoms with van der Waals surface area (Å²) in [6.45, 7) is 0. The molecule has 0 saturated heterocycles. The van der Waals surface area contributed by atoms with Gasteiger partial charge in [-0.3, -0.25) is 14.6 Å². The second kappa shape index (κ2) is 5.42. The molecule has 4 nitrogen and oxygen atoms in total. The molecule has 18 heavy (non-hydrogen) atoms. The summed E-state index contributed by atoms with van der Waals surface area (Å²) in [5, 5.41) is 1.19. The summed E-state index contributed by atoms with van der Waals surface area (Å²) in [7, 11) is 3.04. The second-order valence-corrected chi connectivity index (χ2v) is 3.78. The van der Waals surface area contributed by atoms with Gasteiger partial charge in [0.2, 0.25) is 0 Å². The Morgan fingerprint density at radius 3 is 2.44 bits per heavy atom. The van der Waals surface area contributed by atoms with Crippen LogP contribution in [0.25, 0.3) is 11.3 Å². The fraction of sp³-hybridized carbons (Fsp3) is 0.143. The molecule has 0 spiro atoms. The molecule has 0 aliphatic rings. The van der Waals surface area contributed by atoms with E-state index in [-0.39, 0.29) is 5.91 Å². The summed E-state index contributed by atoms with van der Waals surface area (Å²) >= 11 is 0. The van der Waals surface area contributed by atoms with E-state index >= 15 is 0 Å². The molecule has 0 aliphatic heterocycles. The lowest BCUT2D eigenvalue weighted by atomic mass is 10.1. The monoisotopic (exact) mass is 242 g/mol. The van der Waals surface area contributed by atoms with Gasteiger partial charge < -0.3 is 0 Å². The van der Waals surface area contributed by atoms with Gasteiger partial charge in [0, 0.05) is 24.4 Å². The number of hydrogen-bond acceptors (Lipinski definition) is 3. The Hall–Kier alpha value is -2.20. The highest BCUT2D eigenvalue weighted by molar-refractivity contribution is 5.93. The lowest BCUT2D eigenvalue weighted by Crippen LogP contribution is -2.25. The van der Waals surface area contributed by atoms with Gasteiger partial charge in [0.05, 0.1) is 12.8 Å². The number of hydrogen-bond donors (Lipinski definition) is 0. The van der Waals surface area contributed by atoms with Crippen molar-refractivity contribution in [2.45, 2.75) is 0 Å². The number of benzene rings is 1. The Bertz CT molecular complexity index is 523. The number of pyridine rings is 1. The standard InChI is InChI=1S/C14H14N2O2/c1-16(18-2)14(17)12-8-6-11(7-9-12)13-5-3-4-10-15-13/h3-10H,1-2H3. The highest BCUT2D eigenvalue weighted by Gasteiger charge is 2.10. The zero-order chi connectivity index (χ0) is 13.0. The Balaban J connectivity index is 2.23. The van der Waals surface area contributed by atoms with Crippen LogP contribution in [0.3, 0.4) is 0 Å². The summed E-state index contributed by atoms with van der Waals surface area (Å²) in [6.07, 6.45) is 1.74. The van der Waals surface area contributed by atoms with Gasteiger partial charge in [-0.25, -0.2) is 5.06 Å². The molecule has 0 radical (unpaired) electrons. The van der Waals surface area contributed by atoms with E-state index in [1.165, 1.54) is 12.2 Å². The fourth-order valence-electron chi connectivity index (χ4n) is 1.58. The highest BCUT2D eigenvalue weighted by atomic mass is 16.7. The topological polar surface area (TPSA) is 42.4 Å². The number of hydroxylamine groups is 2. The van der Waals surface area contributed by atoms with Gasteiger partial charge in [0.25, 0.3) is 5.91 Å². The first-order chi connectivity index (χ1) is 8.72. The molecule has 2 aromatic rings. The van der Waals surface area contributed by atoms with Crippen LogP contribution in [0.5, 0.6) is 0 Å². The minimum atomic E-state index is -0.176. The summed E-state index contributed by atoms with van der Waals surface area (Å²) in [6, 6.07) is 13.0. The minimum Gasteiger partial charge on any atom is -0.274 e. The lowest BCUT2D eigenvalue weighted by Gasteiger charge is -2.13. The molecule has 1 aromatic carbocycles. The van der Waals surface area contributed by atoms with Crippen molar-refractivity contribution in [1.29, 1.82) is 0 Å². The molecule has 1 amide bonds. The van der Waals surface area contributed by atoms with Crippen LogP contribution in [-0.4, -0.2) is 30.1 Å². The van der Waals surface area contributed by atoms with Crippen molar-refractivity contribution in [2.75, 3.05) is 14.2 Å². The maximum absolute atomic E-state index is 11.8. The van der Waals surface area contributed by atoms with Crippen LogP contribution in [0.1, 0.15) is 10.4 Å². The molecule has 0 aliphatic carbocycles. The second-order valence-electron chi connectivity index (χ2n) is 3.78. The van der Waals surface area contributed by atoms with Crippen molar-refractivity contribution in [1.82, 2.24) is 10.0 Å². The Labute approximate surface area is 106 Å². The van der Waals surface area contributed by atoms with E-state index in [1.54, 1.807) is 25.4 Å². The first-order valence-corrected chi connectivity index (χ1v) is 5.56. The number of carbonyl (C=O) groups excluding carboxylic acids is 1. The number of amides is 1. The zero-order valence-corrected chi connectivity index (χ0v) is 10.3. The average Bonchev–Trinajstić information content (AvgIpc) is 2.47. The average molecular weight is 242 g/mol. The number of carbonyl (C=O) groups is 1. The van der Waals surface area contributed by atoms with E-state index in [2.05, 4.69) is 4.98 Å². The predicted octanol–water partition coefficient (Wildman–Crippen LogP) is 2.38. The van der Waals surface area contributed by atoms with E-state index in [0.29, 0.717) is 5.56 Å². The SMILES string of the molecule is CON(C)C(=O)c1ccc(-c2ccccn2)cc1. The van der Waals surface area contributed by atoms with Crippen LogP contribution in [0.4, 0.5) is 0 Å². The van der Waals surface area contributed by atoms with E-state index in [0.717, 1.165) is 11.3 Å². The van der Waals surface area contributed by atoms with Gasteiger partial charge in [-0.05, 0) is 24.3 Å². The maximum Gasteiger partial charge on any atom is 0.277 e. The molecule has 0 atom stereocenters. The van der Waals surface area contributed by atoms with Gasteiger partial charge >= 0.3 is 0 Å². The minimum absolute atomic E-state index is 0.176. The smallest absolute Gasteiger partial charge is 0.274 e. The third-order valence-corrected chi connectivity index (χ3v) is 2.65. The molecule has 2 rings (SSSR count). The molecule has 0 bridgehead atoms. The van der Waals surface area contributed by atoms with E-state index in [4.69, 9.17) is 4.84 Å². The number of aromatic nitrogens is 1. The molecule has 4 heteroatoms. The molecule has 1 heterocycles. The van der Waals surface area contributed by atoms with Crippen LogP contribution >= 0.6 is 0 Å². The molecular formula is C14H14N2O2. The van der Waals surface area contributed by atoms with Gasteiger partial charge in [0.15, 0.2) is 0 Å². The van der Waals surface area contributed by atoms with Crippen molar-refractivity contribution in [3.8, 4) is 11.3 Å². The molecular weight excluding hydrogens is 228 g/mol. The van der Waals surface area contributed by atoms with Crippen LogP contribution in [0, 0.1) is 0 Å². The molecule has 0 fully saturated rings. The Kier molecular flexibility index (Phi) is 3.69. The predicted molar refractivity (Wildman–Crippen MR) is 68.8 cm³/mol. The first kappa shape index (κ1) is 12.3. The van der Waals surface area contributed by atoms with Crippen molar-refractivity contribution in [2.24, 2.45) is 0 Å². The Morgan fingerprint density at radius 1 is 1.17 bits per heavy atom. The van der Waals surface area contributed by atoms with Gasteiger partial charge in [-0.2, -0.15) is 0 Å². The molecule has 92 valence electrons. The number of rotatable bonds is 3. The summed E-state index contributed by atoms with van der Waals surface area (Å²) < 4.78 is 0. The fourth-order valence-corrected chi connectivity index (χ4v) is 1.58. The largest absolute Gasteiger partial charge is 0.277 e. The van der Waals surface area contributed by atoms with Crippen molar-refractivity contribution >= 4 is 5.91 Å². The third kappa shape index (κ3) is 2.55. The van der Waals surface area contributed by atoms with E-state index in [9.17, 15) is 4.79 Å². The molecule has 0 saturated carbocycles. The summed E-state index contributed by atoms with van der Waals surface area (Å²) in [4.78, 5) is 20.9. The van der Waals surface area contributed by atoms with Crippen LogP contribution in [-0.2, 0) is 4.84 Å². The van der Waals surface area contributed by atoms with Gasteiger partial charge in [0.1, 0.15) is 0 Å². The van der Waals surface area contributed by atoms with Crippen LogP contribution in [0.2, 0.25) is 0 Å². The summed E-state index contributed by atoms with van der Waals surface area (Å²) in [5.41, 5.74) is 2.45. The van der Waals surface area contributed by atoms with Crippen LogP contribution in [0.15, 0.2) is 48.7 Å². The third-order valence-electron chi connectivity index (χ3n) is 2.65. The molecule has 1 aromatic heterocycles. The van der Waals surface area contributed by atoms with Crippen molar-refractivity contribution in [3.63, 3.8) is 0 Å². The first-order valence-electron chi connectivity index (χ1n) is 5.56. The van der Waals surface area contributed by atoms with Crippen molar-refractivity contribution in [3.05, 3.63) is 54.2 Å². The quantitative estimate of drug-likeness (QED) is 0.776. The highest BCUT2D eigenvalue weighted by Crippen LogP contribution is 2.17. The van der Waals surface area contributed by atoms with E-state index in [1.807, 2.05) is 30.3 Å². The van der Waals surface area contributed by atoms with Crippen molar-refractivity contribution < 1.29 is 9.63 Å². The number of nitrogens with zero attached hydrogens (tertiary/aromatic N) is 2. The lowest BCUT2D eigenvalue weighted by molar-refractivity contribution is -0.0756. The van der Waals surface area contributed by atoms with Crippen LogP contribution < -0.4 is 0 Å². The molecule has 0 N–H and O–H groups in total. The normalized spacial score (nSPS) is 10.1. The Morgan fingerprint density at radius 2 is 1.89 bits per heavy atom. The maximum atomic E-state index is 11.8. The van der Waals surface area contributed by atoms with E-state index < -0.39 is 0 Å². The summed E-state index contributed by atoms with van der Waals surface area (Å²) in [5.74, 6) is -0.176. The zero-order valence-electron chi connectivity index (χ0n) is 10.3.